The quantitative estimate of drug-likeness (QED) is 0.551. The molecular weight excluding hydrogens is 376 g/mol. The monoisotopic (exact) mass is 398 g/mol. The minimum absolute atomic E-state index is 0.104. The first-order valence-corrected chi connectivity index (χ1v) is 10.8. The van der Waals surface area contributed by atoms with E-state index in [1.807, 2.05) is 50.4 Å². The maximum absolute atomic E-state index is 12.8. The van der Waals surface area contributed by atoms with Crippen LogP contribution in [-0.2, 0) is 11.3 Å². The first-order chi connectivity index (χ1) is 13.1. The molecule has 2 heterocycles. The molecule has 1 aromatic carbocycles. The number of thiophene rings is 1. The molecule has 1 aliphatic carbocycles. The summed E-state index contributed by atoms with van der Waals surface area (Å²) in [4.78, 5) is 15.7. The van der Waals surface area contributed by atoms with E-state index in [1.165, 1.54) is 11.8 Å². The van der Waals surface area contributed by atoms with Gasteiger partial charge in [-0.05, 0) is 36.8 Å². The third-order valence-electron chi connectivity index (χ3n) is 4.59. The predicted molar refractivity (Wildman–Crippen MR) is 110 cm³/mol. The summed E-state index contributed by atoms with van der Waals surface area (Å²) >= 11 is 3.18. The van der Waals surface area contributed by atoms with E-state index in [4.69, 9.17) is 0 Å². The topological polar surface area (TPSA) is 51.0 Å². The van der Waals surface area contributed by atoms with Crippen LogP contribution in [0.25, 0.3) is 10.7 Å². The summed E-state index contributed by atoms with van der Waals surface area (Å²) in [5.74, 6) is 1.03. The summed E-state index contributed by atoms with van der Waals surface area (Å²) in [6.45, 7) is 2.56. The van der Waals surface area contributed by atoms with Crippen LogP contribution in [0.3, 0.4) is 0 Å². The largest absolute Gasteiger partial charge is 0.340 e. The van der Waals surface area contributed by atoms with Crippen molar-refractivity contribution in [3.63, 3.8) is 0 Å². The Morgan fingerprint density at radius 3 is 2.70 bits per heavy atom. The van der Waals surface area contributed by atoms with Crippen LogP contribution in [0.4, 0.5) is 0 Å². The Morgan fingerprint density at radius 2 is 2.04 bits per heavy atom. The van der Waals surface area contributed by atoms with E-state index in [0.29, 0.717) is 12.6 Å². The number of hydrogen-bond donors (Lipinski definition) is 0. The van der Waals surface area contributed by atoms with Gasteiger partial charge in [-0.25, -0.2) is 0 Å². The molecule has 1 saturated carbocycles. The first-order valence-electron chi connectivity index (χ1n) is 9.08. The van der Waals surface area contributed by atoms with E-state index in [1.54, 1.807) is 16.2 Å². The number of benzene rings is 1. The molecule has 140 valence electrons. The highest BCUT2D eigenvalue weighted by atomic mass is 32.2. The molecule has 1 fully saturated rings. The van der Waals surface area contributed by atoms with Gasteiger partial charge in [0.05, 0.1) is 10.1 Å². The lowest BCUT2D eigenvalue weighted by Gasteiger charge is -2.21. The van der Waals surface area contributed by atoms with Gasteiger partial charge < -0.3 is 4.90 Å². The summed E-state index contributed by atoms with van der Waals surface area (Å²) in [5, 5.41) is 11.5. The highest BCUT2D eigenvalue weighted by molar-refractivity contribution is 8.00. The van der Waals surface area contributed by atoms with Crippen molar-refractivity contribution < 1.29 is 4.79 Å². The van der Waals surface area contributed by atoms with E-state index in [0.717, 1.165) is 34.3 Å². The zero-order valence-corrected chi connectivity index (χ0v) is 17.0. The second-order valence-electron chi connectivity index (χ2n) is 6.82. The van der Waals surface area contributed by atoms with Crippen molar-refractivity contribution in [3.8, 4) is 10.7 Å². The summed E-state index contributed by atoms with van der Waals surface area (Å²) in [7, 11) is 1.86. The van der Waals surface area contributed by atoms with Crippen molar-refractivity contribution in [1.82, 2.24) is 19.7 Å². The number of rotatable bonds is 7. The average Bonchev–Trinajstić information content (AvgIpc) is 3.20. The lowest BCUT2D eigenvalue weighted by atomic mass is 10.2. The minimum atomic E-state index is -0.211. The van der Waals surface area contributed by atoms with Gasteiger partial charge in [-0.1, -0.05) is 48.2 Å². The summed E-state index contributed by atoms with van der Waals surface area (Å²) in [6.07, 6.45) is 2.31. The fraction of sp³-hybridized carbons (Fsp3) is 0.350. The Bertz CT molecular complexity index is 903. The molecular formula is C20H22N4OS2. The maximum Gasteiger partial charge on any atom is 0.235 e. The van der Waals surface area contributed by atoms with Gasteiger partial charge in [-0.3, -0.25) is 9.36 Å². The minimum Gasteiger partial charge on any atom is -0.340 e. The molecule has 2 aromatic heterocycles. The van der Waals surface area contributed by atoms with Crippen molar-refractivity contribution in [2.75, 3.05) is 7.05 Å². The van der Waals surface area contributed by atoms with Crippen molar-refractivity contribution in [1.29, 1.82) is 0 Å². The Labute approximate surface area is 167 Å². The van der Waals surface area contributed by atoms with Gasteiger partial charge >= 0.3 is 0 Å². The fourth-order valence-corrected chi connectivity index (χ4v) is 4.79. The van der Waals surface area contributed by atoms with E-state index in [-0.39, 0.29) is 11.2 Å². The molecule has 3 aromatic rings. The smallest absolute Gasteiger partial charge is 0.235 e. The number of aromatic nitrogens is 3. The first kappa shape index (κ1) is 18.3. The van der Waals surface area contributed by atoms with Gasteiger partial charge in [0.25, 0.3) is 0 Å². The SMILES string of the molecule is CC(Sc1nnc(-c2cccs2)n1C1CC1)C(=O)N(C)Cc1ccccc1. The molecule has 1 amide bonds. The fourth-order valence-electron chi connectivity index (χ4n) is 3.05. The van der Waals surface area contributed by atoms with Crippen LogP contribution in [0.15, 0.2) is 53.0 Å². The lowest BCUT2D eigenvalue weighted by molar-refractivity contribution is -0.129. The third-order valence-corrected chi connectivity index (χ3v) is 6.50. The third kappa shape index (κ3) is 4.09. The van der Waals surface area contributed by atoms with Crippen LogP contribution >= 0.6 is 23.1 Å². The molecule has 0 N–H and O–H groups in total. The Hall–Kier alpha value is -2.12. The van der Waals surface area contributed by atoms with E-state index < -0.39 is 0 Å². The molecule has 5 nitrogen and oxygen atoms in total. The Morgan fingerprint density at radius 1 is 1.26 bits per heavy atom. The van der Waals surface area contributed by atoms with Crippen LogP contribution < -0.4 is 0 Å². The molecule has 0 aliphatic heterocycles. The molecule has 0 bridgehead atoms. The van der Waals surface area contributed by atoms with Crippen LogP contribution in [0.2, 0.25) is 0 Å². The van der Waals surface area contributed by atoms with Crippen LogP contribution in [0.1, 0.15) is 31.4 Å². The molecule has 0 radical (unpaired) electrons. The standard InChI is InChI=1S/C20H22N4OS2/c1-14(19(25)23(2)13-15-7-4-3-5-8-15)27-20-22-21-18(17-9-6-12-26-17)24(20)16-10-11-16/h3-9,12,14,16H,10-11,13H2,1-2H3. The molecule has 1 atom stereocenters. The second-order valence-corrected chi connectivity index (χ2v) is 9.08. The number of thioether (sulfide) groups is 1. The van der Waals surface area contributed by atoms with Gasteiger partial charge in [0.15, 0.2) is 11.0 Å². The van der Waals surface area contributed by atoms with E-state index in [2.05, 4.69) is 26.2 Å². The highest BCUT2D eigenvalue weighted by Crippen LogP contribution is 2.42. The van der Waals surface area contributed by atoms with Gasteiger partial charge in [0.2, 0.25) is 5.91 Å². The van der Waals surface area contributed by atoms with Gasteiger partial charge in [-0.15, -0.1) is 21.5 Å². The number of nitrogens with zero attached hydrogens (tertiary/aromatic N) is 4. The van der Waals surface area contributed by atoms with Crippen LogP contribution in [0, 0.1) is 0 Å². The van der Waals surface area contributed by atoms with Gasteiger partial charge in [0.1, 0.15) is 0 Å². The molecule has 0 spiro atoms. The predicted octanol–water partition coefficient (Wildman–Crippen LogP) is 4.48. The zero-order valence-electron chi connectivity index (χ0n) is 15.4. The highest BCUT2D eigenvalue weighted by Gasteiger charge is 2.32. The molecule has 1 unspecified atom stereocenters. The van der Waals surface area contributed by atoms with Gasteiger partial charge in [0, 0.05) is 19.6 Å². The normalized spacial score (nSPS) is 14.9. The maximum atomic E-state index is 12.8. The molecule has 27 heavy (non-hydrogen) atoms. The van der Waals surface area contributed by atoms with E-state index >= 15 is 0 Å². The lowest BCUT2D eigenvalue weighted by Crippen LogP contribution is -2.33. The van der Waals surface area contributed by atoms with E-state index in [9.17, 15) is 4.79 Å². The average molecular weight is 399 g/mol. The van der Waals surface area contributed by atoms with Crippen molar-refractivity contribution in [3.05, 3.63) is 53.4 Å². The summed E-state index contributed by atoms with van der Waals surface area (Å²) in [6, 6.07) is 14.6. The number of hydrogen-bond acceptors (Lipinski definition) is 5. The number of carbonyl (C=O) groups excluding carboxylic acids is 1. The van der Waals surface area contributed by atoms with Crippen LogP contribution in [0.5, 0.6) is 0 Å². The number of amides is 1. The molecule has 1 aliphatic rings. The van der Waals surface area contributed by atoms with Crippen molar-refractivity contribution >= 4 is 29.0 Å². The van der Waals surface area contributed by atoms with Crippen molar-refractivity contribution in [2.45, 2.75) is 42.8 Å². The second kappa shape index (κ2) is 7.86. The molecule has 4 rings (SSSR count). The molecule has 7 heteroatoms. The summed E-state index contributed by atoms with van der Waals surface area (Å²) in [5.41, 5.74) is 1.13. The Balaban J connectivity index is 1.48. The summed E-state index contributed by atoms with van der Waals surface area (Å²) < 4.78 is 2.22. The zero-order chi connectivity index (χ0) is 18.8. The molecule has 0 saturated heterocycles. The number of carbonyl (C=O) groups is 1. The van der Waals surface area contributed by atoms with Crippen molar-refractivity contribution in [2.24, 2.45) is 0 Å². The van der Waals surface area contributed by atoms with Gasteiger partial charge in [-0.2, -0.15) is 0 Å². The van der Waals surface area contributed by atoms with Crippen LogP contribution in [-0.4, -0.2) is 37.9 Å². The Kier molecular flexibility index (Phi) is 5.31.